The molecule has 4 nitrogen and oxygen atoms in total. The lowest BCUT2D eigenvalue weighted by Crippen LogP contribution is -2.32. The molecule has 0 radical (unpaired) electrons. The summed E-state index contributed by atoms with van der Waals surface area (Å²) in [6.45, 7) is 2.26. The zero-order valence-electron chi connectivity index (χ0n) is 21.9. The molecule has 1 aliphatic rings. The fraction of sp³-hybridized carbons (Fsp3) is 0.188. The van der Waals surface area contributed by atoms with Gasteiger partial charge in [-0.2, -0.15) is 0 Å². The van der Waals surface area contributed by atoms with Gasteiger partial charge in [-0.25, -0.2) is 8.78 Å². The SMILES string of the molecule is Cc1ccc(CNC(=O)[C@H]2CC(c3c(F)cccc3F)=NC2c2ccc(-c3ccc(OC(F)(F)F)cc3)cc2)cc1. The Balaban J connectivity index is 1.40. The average Bonchev–Trinajstić information content (AvgIpc) is 3.37. The number of carbonyl (C=O) groups excluding carboxylic acids is 1. The van der Waals surface area contributed by atoms with Crippen molar-refractivity contribution < 1.29 is 31.5 Å². The number of benzene rings is 4. The Labute approximate surface area is 233 Å². The fourth-order valence-corrected chi connectivity index (χ4v) is 4.86. The minimum atomic E-state index is -4.78. The number of nitrogens with zero attached hydrogens (tertiary/aromatic N) is 1. The molecule has 0 spiro atoms. The van der Waals surface area contributed by atoms with Crippen molar-refractivity contribution in [3.63, 3.8) is 0 Å². The number of hydrogen-bond donors (Lipinski definition) is 1. The molecule has 41 heavy (non-hydrogen) atoms. The fourth-order valence-electron chi connectivity index (χ4n) is 4.86. The van der Waals surface area contributed by atoms with Gasteiger partial charge in [0.25, 0.3) is 0 Å². The van der Waals surface area contributed by atoms with Gasteiger partial charge in [0.2, 0.25) is 5.91 Å². The zero-order chi connectivity index (χ0) is 29.1. The number of aliphatic imine (C=N–C) groups is 1. The van der Waals surface area contributed by atoms with E-state index < -0.39 is 30.0 Å². The molecule has 0 saturated heterocycles. The van der Waals surface area contributed by atoms with Gasteiger partial charge in [-0.3, -0.25) is 9.79 Å². The van der Waals surface area contributed by atoms with E-state index in [0.29, 0.717) is 17.7 Å². The second-order valence-corrected chi connectivity index (χ2v) is 9.83. The van der Waals surface area contributed by atoms with Gasteiger partial charge < -0.3 is 10.1 Å². The molecule has 5 rings (SSSR count). The minimum Gasteiger partial charge on any atom is -0.406 e. The Kier molecular flexibility index (Phi) is 7.88. The van der Waals surface area contributed by atoms with E-state index in [1.54, 1.807) is 24.3 Å². The number of rotatable bonds is 7. The van der Waals surface area contributed by atoms with Crippen molar-refractivity contribution in [2.45, 2.75) is 32.3 Å². The highest BCUT2D eigenvalue weighted by Gasteiger charge is 2.37. The number of hydrogen-bond acceptors (Lipinski definition) is 3. The number of ether oxygens (including phenoxy) is 1. The van der Waals surface area contributed by atoms with Crippen LogP contribution in [0.25, 0.3) is 11.1 Å². The predicted molar refractivity (Wildman–Crippen MR) is 145 cm³/mol. The van der Waals surface area contributed by atoms with E-state index in [0.717, 1.165) is 28.8 Å². The summed E-state index contributed by atoms with van der Waals surface area (Å²) in [6.07, 6.45) is -4.73. The average molecular weight is 565 g/mol. The maximum atomic E-state index is 14.6. The van der Waals surface area contributed by atoms with Crippen LogP contribution in [0.15, 0.2) is 96.0 Å². The maximum absolute atomic E-state index is 14.6. The number of aryl methyl sites for hydroxylation is 1. The quantitative estimate of drug-likeness (QED) is 0.234. The van der Waals surface area contributed by atoms with Crippen LogP contribution >= 0.6 is 0 Å². The molecule has 9 heteroatoms. The van der Waals surface area contributed by atoms with E-state index in [1.807, 2.05) is 31.2 Å². The number of nitrogens with one attached hydrogen (secondary N) is 1. The molecular formula is C32H25F5N2O2. The van der Waals surface area contributed by atoms with Gasteiger partial charge in [0.1, 0.15) is 17.4 Å². The molecule has 4 aromatic carbocycles. The molecule has 0 aromatic heterocycles. The largest absolute Gasteiger partial charge is 0.573 e. The van der Waals surface area contributed by atoms with Crippen molar-refractivity contribution in [3.05, 3.63) is 125 Å². The first-order chi connectivity index (χ1) is 19.6. The van der Waals surface area contributed by atoms with Gasteiger partial charge in [-0.15, -0.1) is 13.2 Å². The first-order valence-electron chi connectivity index (χ1n) is 12.9. The van der Waals surface area contributed by atoms with Crippen LogP contribution in [0.5, 0.6) is 5.75 Å². The summed E-state index contributed by atoms with van der Waals surface area (Å²) in [4.78, 5) is 18.0. The second kappa shape index (κ2) is 11.5. The Morgan fingerprint density at radius 1 is 0.878 bits per heavy atom. The van der Waals surface area contributed by atoms with Gasteiger partial charge in [0.15, 0.2) is 0 Å². The molecule has 0 bridgehead atoms. The molecule has 1 unspecified atom stereocenters. The van der Waals surface area contributed by atoms with Gasteiger partial charge in [0, 0.05) is 18.7 Å². The standard InChI is InChI=1S/C32H25F5N2O2/c1-19-5-7-20(8-6-19)18-38-31(40)25-17-28(29-26(33)3-2-4-27(29)34)39-30(25)23-11-9-21(10-12-23)22-13-15-24(16-14-22)41-32(35,36)37/h2-16,25,30H,17-18H2,1H3,(H,38,40)/t25-,30?/m0/s1. The van der Waals surface area contributed by atoms with Crippen LogP contribution in [0.2, 0.25) is 0 Å². The summed E-state index contributed by atoms with van der Waals surface area (Å²) in [5, 5.41) is 2.93. The third kappa shape index (κ3) is 6.62. The number of alkyl halides is 3. The first kappa shape index (κ1) is 28.0. The molecular weight excluding hydrogens is 539 g/mol. The van der Waals surface area contributed by atoms with E-state index >= 15 is 0 Å². The molecule has 1 N–H and O–H groups in total. The van der Waals surface area contributed by atoms with E-state index in [4.69, 9.17) is 0 Å². The van der Waals surface area contributed by atoms with Gasteiger partial charge in [-0.1, -0.05) is 72.3 Å². The molecule has 210 valence electrons. The monoisotopic (exact) mass is 564 g/mol. The highest BCUT2D eigenvalue weighted by Crippen LogP contribution is 2.38. The molecule has 0 fully saturated rings. The van der Waals surface area contributed by atoms with Gasteiger partial charge in [-0.05, 0) is 53.4 Å². The molecule has 4 aromatic rings. The number of amides is 1. The summed E-state index contributed by atoms with van der Waals surface area (Å²) < 4.78 is 70.6. The molecule has 1 heterocycles. The molecule has 0 aliphatic carbocycles. The van der Waals surface area contributed by atoms with Gasteiger partial charge in [0.05, 0.1) is 17.5 Å². The van der Waals surface area contributed by atoms with Gasteiger partial charge >= 0.3 is 6.36 Å². The molecule has 0 saturated carbocycles. The van der Waals surface area contributed by atoms with Crippen LogP contribution in [-0.2, 0) is 11.3 Å². The maximum Gasteiger partial charge on any atom is 0.573 e. The van der Waals surface area contributed by atoms with Crippen LogP contribution in [0, 0.1) is 24.5 Å². The lowest BCUT2D eigenvalue weighted by molar-refractivity contribution is -0.274. The lowest BCUT2D eigenvalue weighted by Gasteiger charge is -2.19. The second-order valence-electron chi connectivity index (χ2n) is 9.83. The van der Waals surface area contributed by atoms with Crippen LogP contribution in [0.4, 0.5) is 22.0 Å². The van der Waals surface area contributed by atoms with Crippen LogP contribution in [-0.4, -0.2) is 18.0 Å². The highest BCUT2D eigenvalue weighted by atomic mass is 19.4. The van der Waals surface area contributed by atoms with Crippen LogP contribution < -0.4 is 10.1 Å². The van der Waals surface area contributed by atoms with Crippen LogP contribution in [0.3, 0.4) is 0 Å². The van der Waals surface area contributed by atoms with Crippen molar-refractivity contribution >= 4 is 11.6 Å². The summed E-state index contributed by atoms with van der Waals surface area (Å²) in [7, 11) is 0. The summed E-state index contributed by atoms with van der Waals surface area (Å²) in [5.41, 5.74) is 3.96. The third-order valence-electron chi connectivity index (χ3n) is 6.94. The smallest absolute Gasteiger partial charge is 0.406 e. The summed E-state index contributed by atoms with van der Waals surface area (Å²) >= 11 is 0. The Bertz CT molecular complexity index is 1540. The Morgan fingerprint density at radius 2 is 1.46 bits per heavy atom. The van der Waals surface area contributed by atoms with E-state index in [1.165, 1.54) is 30.3 Å². The summed E-state index contributed by atoms with van der Waals surface area (Å²) in [5.74, 6) is -2.84. The normalized spacial score (nSPS) is 16.8. The van der Waals surface area contributed by atoms with Crippen molar-refractivity contribution in [1.82, 2.24) is 5.32 Å². The first-order valence-corrected chi connectivity index (χ1v) is 12.9. The van der Waals surface area contributed by atoms with Crippen molar-refractivity contribution in [3.8, 4) is 16.9 Å². The highest BCUT2D eigenvalue weighted by molar-refractivity contribution is 6.05. The topological polar surface area (TPSA) is 50.7 Å². The van der Waals surface area contributed by atoms with E-state index in [9.17, 15) is 26.7 Å². The molecule has 1 amide bonds. The number of halogens is 5. The molecule has 2 atom stereocenters. The van der Waals surface area contributed by atoms with Crippen molar-refractivity contribution in [2.75, 3.05) is 0 Å². The van der Waals surface area contributed by atoms with Crippen molar-refractivity contribution in [2.24, 2.45) is 10.9 Å². The number of carbonyl (C=O) groups is 1. The van der Waals surface area contributed by atoms with E-state index in [2.05, 4.69) is 15.0 Å². The zero-order valence-corrected chi connectivity index (χ0v) is 21.9. The lowest BCUT2D eigenvalue weighted by atomic mass is 9.89. The van der Waals surface area contributed by atoms with E-state index in [-0.39, 0.29) is 29.4 Å². The summed E-state index contributed by atoms with van der Waals surface area (Å²) in [6, 6.07) is 23.1. The minimum absolute atomic E-state index is 0.0463. The Hall–Kier alpha value is -4.53. The third-order valence-corrected chi connectivity index (χ3v) is 6.94. The van der Waals surface area contributed by atoms with Crippen molar-refractivity contribution in [1.29, 1.82) is 0 Å². The Morgan fingerprint density at radius 3 is 2.05 bits per heavy atom. The van der Waals surface area contributed by atoms with Crippen LogP contribution in [0.1, 0.15) is 34.7 Å². The molecule has 1 aliphatic heterocycles. The predicted octanol–water partition coefficient (Wildman–Crippen LogP) is 7.71.